The molecule has 7 heteroatoms. The molecule has 6 nitrogen and oxygen atoms in total. The normalized spacial score (nSPS) is 12.7. The van der Waals surface area contributed by atoms with Crippen LogP contribution in [0.5, 0.6) is 0 Å². The molecule has 1 aromatic rings. The topological polar surface area (TPSA) is 80.3 Å². The Morgan fingerprint density at radius 2 is 2.10 bits per heavy atom. The highest BCUT2D eigenvalue weighted by atomic mass is 32.1. The fourth-order valence-electron chi connectivity index (χ4n) is 1.40. The van der Waals surface area contributed by atoms with Crippen molar-refractivity contribution in [3.63, 3.8) is 0 Å². The van der Waals surface area contributed by atoms with Gasteiger partial charge >= 0.3 is 5.97 Å². The Labute approximate surface area is 122 Å². The molecule has 1 aromatic heterocycles. The van der Waals surface area contributed by atoms with Crippen LogP contribution in [-0.4, -0.2) is 35.6 Å². The van der Waals surface area contributed by atoms with E-state index in [1.165, 1.54) is 18.4 Å². The molecule has 0 aromatic carbocycles. The van der Waals surface area contributed by atoms with Gasteiger partial charge in [0.1, 0.15) is 6.04 Å². The van der Waals surface area contributed by atoms with Crippen molar-refractivity contribution >= 4 is 28.3 Å². The summed E-state index contributed by atoms with van der Waals surface area (Å²) in [6.45, 7) is 7.54. The second-order valence-corrected chi connectivity index (χ2v) is 6.36. The molecule has 0 saturated carbocycles. The van der Waals surface area contributed by atoms with Crippen molar-refractivity contribution in [1.82, 2.24) is 10.3 Å². The van der Waals surface area contributed by atoms with Crippen LogP contribution in [-0.2, 0) is 20.7 Å². The monoisotopic (exact) mass is 299 g/mol. The largest absolute Gasteiger partial charge is 0.469 e. The van der Waals surface area contributed by atoms with Gasteiger partial charge in [0.15, 0.2) is 5.13 Å². The van der Waals surface area contributed by atoms with Crippen molar-refractivity contribution in [3.05, 3.63) is 11.1 Å². The molecule has 2 N–H and O–H groups in total. The first-order valence-electron chi connectivity index (χ1n) is 6.31. The first-order chi connectivity index (χ1) is 9.21. The van der Waals surface area contributed by atoms with E-state index in [1.54, 1.807) is 12.3 Å². The maximum atomic E-state index is 11.9. The van der Waals surface area contributed by atoms with Crippen molar-refractivity contribution < 1.29 is 14.3 Å². The molecule has 0 radical (unpaired) electrons. The summed E-state index contributed by atoms with van der Waals surface area (Å²) in [4.78, 5) is 27.3. The van der Waals surface area contributed by atoms with Gasteiger partial charge in [0.25, 0.3) is 0 Å². The number of carbonyl (C=O) groups is 2. The first kappa shape index (κ1) is 16.4. The van der Waals surface area contributed by atoms with E-state index < -0.39 is 6.04 Å². The summed E-state index contributed by atoms with van der Waals surface area (Å²) in [7, 11) is 1.34. The Morgan fingerprint density at radius 1 is 1.45 bits per heavy atom. The molecule has 1 unspecified atom stereocenters. The number of amides is 1. The standard InChI is InChI=1S/C13H21N3O3S/c1-8(11(18)16-13(2,3)4)14-12-15-9(7-20-12)6-10(17)19-5/h7-8H,6H2,1-5H3,(H,14,15)(H,16,18). The van der Waals surface area contributed by atoms with Gasteiger partial charge in [0, 0.05) is 10.9 Å². The summed E-state index contributed by atoms with van der Waals surface area (Å²) in [5.41, 5.74) is 0.360. The van der Waals surface area contributed by atoms with Gasteiger partial charge in [-0.05, 0) is 27.7 Å². The number of thiazole rings is 1. The average Bonchev–Trinajstić information content (AvgIpc) is 2.74. The third kappa shape index (κ3) is 5.56. The second kappa shape index (κ2) is 6.69. The zero-order valence-corrected chi connectivity index (χ0v) is 13.3. The van der Waals surface area contributed by atoms with Gasteiger partial charge in [0.05, 0.1) is 19.2 Å². The van der Waals surface area contributed by atoms with Gasteiger partial charge < -0.3 is 15.4 Å². The molecule has 112 valence electrons. The molecule has 0 fully saturated rings. The van der Waals surface area contributed by atoms with E-state index in [0.29, 0.717) is 10.8 Å². The van der Waals surface area contributed by atoms with E-state index in [2.05, 4.69) is 20.4 Å². The van der Waals surface area contributed by atoms with E-state index in [0.717, 1.165) is 0 Å². The van der Waals surface area contributed by atoms with Gasteiger partial charge in [-0.3, -0.25) is 9.59 Å². The zero-order chi connectivity index (χ0) is 15.3. The molecule has 20 heavy (non-hydrogen) atoms. The van der Waals surface area contributed by atoms with E-state index in [4.69, 9.17) is 0 Å². The lowest BCUT2D eigenvalue weighted by atomic mass is 10.1. The van der Waals surface area contributed by atoms with Crippen LogP contribution in [0.2, 0.25) is 0 Å². The van der Waals surface area contributed by atoms with Crippen molar-refractivity contribution in [2.75, 3.05) is 12.4 Å². The number of anilines is 1. The number of ether oxygens (including phenoxy) is 1. The van der Waals surface area contributed by atoms with Gasteiger partial charge in [-0.1, -0.05) is 0 Å². The Hall–Kier alpha value is -1.63. The number of methoxy groups -OCH3 is 1. The van der Waals surface area contributed by atoms with Gasteiger partial charge in [-0.15, -0.1) is 11.3 Å². The Bertz CT molecular complexity index is 479. The summed E-state index contributed by atoms with van der Waals surface area (Å²) in [6, 6.07) is -0.397. The maximum absolute atomic E-state index is 11.9. The van der Waals surface area contributed by atoms with E-state index >= 15 is 0 Å². The van der Waals surface area contributed by atoms with Crippen molar-refractivity contribution in [1.29, 1.82) is 0 Å². The van der Waals surface area contributed by atoms with Crippen LogP contribution >= 0.6 is 11.3 Å². The minimum atomic E-state index is -0.397. The molecule has 1 atom stereocenters. The molecular weight excluding hydrogens is 278 g/mol. The van der Waals surface area contributed by atoms with Crippen LogP contribution in [0.25, 0.3) is 0 Å². The van der Waals surface area contributed by atoms with E-state index in [1.807, 2.05) is 20.8 Å². The minimum Gasteiger partial charge on any atom is -0.469 e. The molecule has 0 aliphatic carbocycles. The first-order valence-corrected chi connectivity index (χ1v) is 7.19. The molecule has 0 bridgehead atoms. The molecule has 0 saturated heterocycles. The van der Waals surface area contributed by atoms with Crippen molar-refractivity contribution in [2.24, 2.45) is 0 Å². The highest BCUT2D eigenvalue weighted by molar-refractivity contribution is 7.13. The summed E-state index contributed by atoms with van der Waals surface area (Å²) in [6.07, 6.45) is 0.136. The summed E-state index contributed by atoms with van der Waals surface area (Å²) in [5.74, 6) is -0.428. The smallest absolute Gasteiger partial charge is 0.311 e. The number of hydrogen-bond donors (Lipinski definition) is 2. The summed E-state index contributed by atoms with van der Waals surface area (Å²) >= 11 is 1.36. The van der Waals surface area contributed by atoms with Gasteiger partial charge in [0.2, 0.25) is 5.91 Å². The lowest BCUT2D eigenvalue weighted by Gasteiger charge is -2.23. The predicted octanol–water partition coefficient (Wildman–Crippen LogP) is 1.57. The Balaban J connectivity index is 2.56. The number of nitrogens with zero attached hydrogens (tertiary/aromatic N) is 1. The number of rotatable bonds is 5. The predicted molar refractivity (Wildman–Crippen MR) is 78.8 cm³/mol. The average molecular weight is 299 g/mol. The van der Waals surface area contributed by atoms with Crippen molar-refractivity contribution in [2.45, 2.75) is 45.7 Å². The molecule has 1 amide bonds. The second-order valence-electron chi connectivity index (χ2n) is 5.50. The SMILES string of the molecule is COC(=O)Cc1csc(NC(C)C(=O)NC(C)(C)C)n1. The Kier molecular flexibility index (Phi) is 5.50. The highest BCUT2D eigenvalue weighted by Gasteiger charge is 2.20. The molecule has 0 aliphatic rings. The quantitative estimate of drug-likeness (QED) is 0.807. The highest BCUT2D eigenvalue weighted by Crippen LogP contribution is 2.17. The summed E-state index contributed by atoms with van der Waals surface area (Å²) in [5, 5.41) is 8.29. The number of esters is 1. The lowest BCUT2D eigenvalue weighted by Crippen LogP contribution is -2.47. The van der Waals surface area contributed by atoms with Crippen LogP contribution in [0.4, 0.5) is 5.13 Å². The third-order valence-corrected chi connectivity index (χ3v) is 3.16. The lowest BCUT2D eigenvalue weighted by molar-refractivity contribution is -0.139. The van der Waals surface area contributed by atoms with Crippen LogP contribution in [0.1, 0.15) is 33.4 Å². The van der Waals surface area contributed by atoms with E-state index in [-0.39, 0.29) is 23.8 Å². The Morgan fingerprint density at radius 3 is 2.65 bits per heavy atom. The molecule has 0 aliphatic heterocycles. The minimum absolute atomic E-state index is 0.0952. The third-order valence-electron chi connectivity index (χ3n) is 2.34. The van der Waals surface area contributed by atoms with E-state index in [9.17, 15) is 9.59 Å². The van der Waals surface area contributed by atoms with Gasteiger partial charge in [-0.2, -0.15) is 0 Å². The molecule has 1 heterocycles. The van der Waals surface area contributed by atoms with Gasteiger partial charge in [-0.25, -0.2) is 4.98 Å². The van der Waals surface area contributed by atoms with Crippen LogP contribution in [0.3, 0.4) is 0 Å². The van der Waals surface area contributed by atoms with Crippen molar-refractivity contribution in [3.8, 4) is 0 Å². The van der Waals surface area contributed by atoms with Crippen LogP contribution < -0.4 is 10.6 Å². The summed E-state index contributed by atoms with van der Waals surface area (Å²) < 4.78 is 4.58. The number of aromatic nitrogens is 1. The van der Waals surface area contributed by atoms with Crippen LogP contribution in [0.15, 0.2) is 5.38 Å². The maximum Gasteiger partial charge on any atom is 0.311 e. The fourth-order valence-corrected chi connectivity index (χ4v) is 2.20. The number of carbonyl (C=O) groups excluding carboxylic acids is 2. The number of hydrogen-bond acceptors (Lipinski definition) is 6. The van der Waals surface area contributed by atoms with Crippen LogP contribution in [0, 0.1) is 0 Å². The molecular formula is C13H21N3O3S. The molecule has 0 spiro atoms. The fraction of sp³-hybridized carbons (Fsp3) is 0.615. The zero-order valence-electron chi connectivity index (χ0n) is 12.4. The molecule has 1 rings (SSSR count). The number of nitrogens with one attached hydrogen (secondary N) is 2.